The molecule has 2 aromatic rings. The number of hydrogen-bond acceptors (Lipinski definition) is 10. The van der Waals surface area contributed by atoms with Crippen LogP contribution in [0.5, 0.6) is 0 Å². The summed E-state index contributed by atoms with van der Waals surface area (Å²) in [6.07, 6.45) is 0.439. The first-order chi connectivity index (χ1) is 36.2. The normalized spacial score (nSPS) is 26.6. The lowest BCUT2D eigenvalue weighted by Crippen LogP contribution is -2.62. The standard InChI is InChI=1S/C59H90N8O10/c1-16-38(11)46-57(74)64(13)47(35(5)6)54(71)62-43(31-34(3)4)55(72)66(15)49(37(9)10)59(76)77-50(39(12)17-2)58(75)65(14)48(36(7)8)53(70)60-42(32-40-25-20-18-21-26-40)51(68)61-44(33-41-27-22-19-23-28-41)56(73)67-30-24-29-45(67)52(69)63-46/h18-23,25-28,34-39,42-50H,16-17,24,29-33H2,1-15H3,(H,60,70)(H,61,68)(H,62,71)(H,63,69)/t38-,39-,42+,43+,44+,45+,46+,47+,48+,49+,50-/m1/s1. The van der Waals surface area contributed by atoms with Gasteiger partial charge in [-0.05, 0) is 66.4 Å². The van der Waals surface area contributed by atoms with Gasteiger partial charge in [-0.2, -0.15) is 0 Å². The molecule has 426 valence electrons. The van der Waals surface area contributed by atoms with Crippen LogP contribution in [0.3, 0.4) is 0 Å². The Hall–Kier alpha value is -6.33. The maximum absolute atomic E-state index is 15.0. The van der Waals surface area contributed by atoms with Crippen molar-refractivity contribution in [2.75, 3.05) is 27.7 Å². The van der Waals surface area contributed by atoms with E-state index >= 15 is 4.79 Å². The van der Waals surface area contributed by atoms with E-state index in [9.17, 15) is 38.4 Å². The molecule has 0 spiro atoms. The first-order valence-electron chi connectivity index (χ1n) is 27.9. The van der Waals surface area contributed by atoms with Gasteiger partial charge in [0.05, 0.1) is 0 Å². The highest BCUT2D eigenvalue weighted by atomic mass is 16.6. The number of carbonyl (C=O) groups is 9. The second-order valence-corrected chi connectivity index (χ2v) is 22.9. The van der Waals surface area contributed by atoms with Crippen LogP contribution >= 0.6 is 0 Å². The largest absolute Gasteiger partial charge is 0.450 e. The molecule has 8 amide bonds. The zero-order valence-corrected chi connectivity index (χ0v) is 48.5. The Kier molecular flexibility index (Phi) is 23.7. The summed E-state index contributed by atoms with van der Waals surface area (Å²) in [7, 11) is 4.40. The van der Waals surface area contributed by atoms with Crippen LogP contribution in [0.4, 0.5) is 0 Å². The summed E-state index contributed by atoms with van der Waals surface area (Å²) in [5.74, 6) is -8.33. The van der Waals surface area contributed by atoms with Crippen LogP contribution < -0.4 is 21.3 Å². The number of nitrogens with one attached hydrogen (secondary N) is 4. The van der Waals surface area contributed by atoms with Gasteiger partial charge in [0, 0.05) is 46.4 Å². The van der Waals surface area contributed by atoms with E-state index in [2.05, 4.69) is 21.3 Å². The minimum absolute atomic E-state index is 0.00804. The van der Waals surface area contributed by atoms with E-state index in [1.807, 2.05) is 83.1 Å². The molecule has 2 aliphatic rings. The summed E-state index contributed by atoms with van der Waals surface area (Å²) in [5.41, 5.74) is 1.43. The minimum atomic E-state index is -1.40. The molecule has 77 heavy (non-hydrogen) atoms. The van der Waals surface area contributed by atoms with E-state index in [-0.39, 0.29) is 38.1 Å². The van der Waals surface area contributed by atoms with E-state index in [0.717, 1.165) is 5.56 Å². The molecule has 2 aliphatic heterocycles. The Morgan fingerprint density at radius 1 is 0.506 bits per heavy atom. The monoisotopic (exact) mass is 1070 g/mol. The van der Waals surface area contributed by atoms with Gasteiger partial charge in [0.15, 0.2) is 6.10 Å². The van der Waals surface area contributed by atoms with Gasteiger partial charge in [0.2, 0.25) is 41.4 Å². The molecule has 0 radical (unpaired) electrons. The summed E-state index contributed by atoms with van der Waals surface area (Å²) in [4.78, 5) is 138. The zero-order valence-electron chi connectivity index (χ0n) is 48.5. The van der Waals surface area contributed by atoms with Gasteiger partial charge in [0.25, 0.3) is 5.91 Å². The number of likely N-dealkylation sites (N-methyl/N-ethyl adjacent to an activating group) is 3. The second kappa shape index (κ2) is 28.9. The number of ether oxygens (including phenoxy) is 1. The van der Waals surface area contributed by atoms with E-state index in [0.29, 0.717) is 24.8 Å². The molecule has 0 saturated carbocycles. The molecule has 0 aromatic heterocycles. The van der Waals surface area contributed by atoms with Gasteiger partial charge < -0.3 is 45.6 Å². The minimum Gasteiger partial charge on any atom is -0.450 e. The summed E-state index contributed by atoms with van der Waals surface area (Å²) in [6.45, 7) is 21.8. The van der Waals surface area contributed by atoms with Crippen molar-refractivity contribution >= 4 is 53.2 Å². The molecular weight excluding hydrogens is 981 g/mol. The number of carbonyl (C=O) groups excluding carboxylic acids is 9. The molecule has 0 aliphatic carbocycles. The number of esters is 1. The van der Waals surface area contributed by atoms with E-state index in [1.54, 1.807) is 60.6 Å². The Labute approximate surface area is 457 Å². The van der Waals surface area contributed by atoms with Crippen molar-refractivity contribution in [1.82, 2.24) is 40.9 Å². The van der Waals surface area contributed by atoms with Gasteiger partial charge in [-0.15, -0.1) is 0 Å². The molecule has 18 heteroatoms. The highest BCUT2D eigenvalue weighted by Crippen LogP contribution is 2.26. The van der Waals surface area contributed by atoms with Crippen LogP contribution in [0.25, 0.3) is 0 Å². The van der Waals surface area contributed by atoms with Crippen molar-refractivity contribution in [2.45, 2.75) is 182 Å². The third-order valence-electron chi connectivity index (χ3n) is 15.4. The van der Waals surface area contributed by atoms with E-state index < -0.39 is 137 Å². The zero-order chi connectivity index (χ0) is 57.6. The number of amides is 8. The third-order valence-corrected chi connectivity index (χ3v) is 15.4. The fourth-order valence-corrected chi connectivity index (χ4v) is 10.6. The van der Waals surface area contributed by atoms with Crippen LogP contribution in [0, 0.1) is 35.5 Å². The van der Waals surface area contributed by atoms with Gasteiger partial charge in [-0.3, -0.25) is 38.4 Å². The molecule has 4 N–H and O–H groups in total. The lowest BCUT2D eigenvalue weighted by Gasteiger charge is -2.38. The molecule has 11 atom stereocenters. The molecule has 2 aromatic carbocycles. The number of hydrogen-bond donors (Lipinski definition) is 4. The van der Waals surface area contributed by atoms with E-state index in [1.165, 1.54) is 40.7 Å². The Morgan fingerprint density at radius 3 is 1.44 bits per heavy atom. The van der Waals surface area contributed by atoms with E-state index in [4.69, 9.17) is 4.74 Å². The van der Waals surface area contributed by atoms with Gasteiger partial charge in [-0.25, -0.2) is 4.79 Å². The average molecular weight is 1070 g/mol. The number of rotatable bonds is 13. The fraction of sp³-hybridized carbons (Fsp3) is 0.644. The van der Waals surface area contributed by atoms with Gasteiger partial charge >= 0.3 is 5.97 Å². The maximum Gasteiger partial charge on any atom is 0.329 e. The lowest BCUT2D eigenvalue weighted by atomic mass is 9.94. The third kappa shape index (κ3) is 16.4. The first kappa shape index (κ1) is 63.2. The van der Waals surface area contributed by atoms with Crippen molar-refractivity contribution in [2.24, 2.45) is 35.5 Å². The number of fused-ring (bicyclic) bond motifs is 1. The Balaban J connectivity index is 1.93. The highest BCUT2D eigenvalue weighted by Gasteiger charge is 2.45. The summed E-state index contributed by atoms with van der Waals surface area (Å²) in [6, 6.07) is 8.88. The molecule has 2 saturated heterocycles. The topological polar surface area (TPSA) is 224 Å². The van der Waals surface area contributed by atoms with Gasteiger partial charge in [-0.1, -0.05) is 150 Å². The van der Waals surface area contributed by atoms with Crippen molar-refractivity contribution < 1.29 is 47.9 Å². The van der Waals surface area contributed by atoms with Crippen molar-refractivity contribution in [1.29, 1.82) is 0 Å². The number of benzene rings is 2. The predicted molar refractivity (Wildman–Crippen MR) is 295 cm³/mol. The summed E-state index contributed by atoms with van der Waals surface area (Å²) < 4.78 is 6.17. The molecule has 0 bridgehead atoms. The molecule has 2 heterocycles. The molecule has 18 nitrogen and oxygen atoms in total. The summed E-state index contributed by atoms with van der Waals surface area (Å²) in [5, 5.41) is 11.8. The quantitative estimate of drug-likeness (QED) is 0.198. The smallest absolute Gasteiger partial charge is 0.329 e. The van der Waals surface area contributed by atoms with Crippen LogP contribution in [0.1, 0.15) is 126 Å². The van der Waals surface area contributed by atoms with Crippen molar-refractivity contribution in [3.05, 3.63) is 71.8 Å². The van der Waals surface area contributed by atoms with Gasteiger partial charge in [0.1, 0.15) is 48.3 Å². The molecule has 2 fully saturated rings. The number of nitrogens with zero attached hydrogens (tertiary/aromatic N) is 4. The lowest BCUT2D eigenvalue weighted by molar-refractivity contribution is -0.172. The van der Waals surface area contributed by atoms with Crippen LogP contribution in [0.2, 0.25) is 0 Å². The molecule has 0 unspecified atom stereocenters. The highest BCUT2D eigenvalue weighted by molar-refractivity contribution is 5.99. The Morgan fingerprint density at radius 2 is 0.961 bits per heavy atom. The van der Waals surface area contributed by atoms with Crippen LogP contribution in [-0.4, -0.2) is 155 Å². The second-order valence-electron chi connectivity index (χ2n) is 22.9. The predicted octanol–water partition coefficient (Wildman–Crippen LogP) is 4.91. The van der Waals surface area contributed by atoms with Crippen molar-refractivity contribution in [3.8, 4) is 0 Å². The first-order valence-corrected chi connectivity index (χ1v) is 27.9. The number of cyclic esters (lactones) is 1. The van der Waals surface area contributed by atoms with Crippen LogP contribution in [0.15, 0.2) is 60.7 Å². The SMILES string of the molecule is CC[C@@H](C)[C@@H]1NC(=O)[C@@H]2CCCN2C(=O)[C@H](Cc2ccccc2)NC(=O)[C@H](Cc2ccccc2)NC(=O)[C@H](C(C)C)N(C)C(=O)[C@@H]([C@H](C)CC)OC(=O)[C@H](C(C)C)N(C)C(=O)[C@H](CC(C)C)NC(=O)[C@H](C(C)C)N(C)C1=O. The van der Waals surface area contributed by atoms with Crippen molar-refractivity contribution in [3.63, 3.8) is 0 Å². The molecular formula is C59H90N8O10. The van der Waals surface area contributed by atoms with Crippen LogP contribution in [-0.2, 0) is 60.7 Å². The fourth-order valence-electron chi connectivity index (χ4n) is 10.6. The maximum atomic E-state index is 15.0. The molecule has 4 rings (SSSR count). The summed E-state index contributed by atoms with van der Waals surface area (Å²) >= 11 is 0. The Bertz CT molecular complexity index is 2350. The average Bonchev–Trinajstić information content (AvgIpc) is 3.88.